The summed E-state index contributed by atoms with van der Waals surface area (Å²) < 4.78 is 0. The van der Waals surface area contributed by atoms with Crippen LogP contribution in [0.25, 0.3) is 0 Å². The molecule has 0 radical (unpaired) electrons. The van der Waals surface area contributed by atoms with Crippen LogP contribution in [0.4, 0.5) is 0 Å². The van der Waals surface area contributed by atoms with E-state index in [1.807, 2.05) is 0 Å². The van der Waals surface area contributed by atoms with E-state index in [1.165, 1.54) is 20.8 Å². The van der Waals surface area contributed by atoms with Crippen LogP contribution in [-0.4, -0.2) is 17.9 Å². The van der Waals surface area contributed by atoms with Gasteiger partial charge in [0.2, 0.25) is 0 Å². The largest absolute Gasteiger partial charge is 0.545 e. The normalized spacial score (nSPS) is 10.2. The molecule has 6 heteroatoms. The highest BCUT2D eigenvalue weighted by atomic mass is 16.4. The molecule has 0 saturated heterocycles. The molecule has 0 N–H and O–H groups in total. The first-order chi connectivity index (χ1) is 8.20. The first-order valence-corrected chi connectivity index (χ1v) is 4.97. The van der Waals surface area contributed by atoms with E-state index in [1.54, 1.807) is 0 Å². The Hall–Kier alpha value is -2.37. The molecule has 1 rings (SSSR count). The van der Waals surface area contributed by atoms with Crippen molar-refractivity contribution in [3.63, 3.8) is 0 Å². The highest BCUT2D eigenvalue weighted by Gasteiger charge is 2.19. The van der Waals surface area contributed by atoms with Crippen molar-refractivity contribution in [1.82, 2.24) is 0 Å². The van der Waals surface area contributed by atoms with Crippen molar-refractivity contribution in [3.8, 4) is 0 Å². The predicted octanol–water partition coefficient (Wildman–Crippen LogP) is -2.30. The van der Waals surface area contributed by atoms with Gasteiger partial charge in [-0.05, 0) is 37.5 Å². The number of carbonyl (C=O) groups excluding carboxylic acids is 3. The maximum absolute atomic E-state index is 11.0. The maximum atomic E-state index is 11.0. The summed E-state index contributed by atoms with van der Waals surface area (Å²) in [5.74, 6) is -5.03. The molecule has 6 nitrogen and oxygen atoms in total. The predicted molar refractivity (Wildman–Crippen MR) is 53.6 cm³/mol. The second-order valence-corrected chi connectivity index (χ2v) is 3.86. The molecule has 0 aliphatic carbocycles. The number of hydrogen-bond acceptors (Lipinski definition) is 6. The fourth-order valence-electron chi connectivity index (χ4n) is 1.97. The molecule has 0 unspecified atom stereocenters. The third-order valence-electron chi connectivity index (χ3n) is 2.92. The van der Waals surface area contributed by atoms with Crippen LogP contribution in [0, 0.1) is 20.8 Å². The van der Waals surface area contributed by atoms with Crippen molar-refractivity contribution in [2.45, 2.75) is 20.8 Å². The van der Waals surface area contributed by atoms with Gasteiger partial charge in [-0.2, -0.15) is 0 Å². The Labute approximate surface area is 102 Å². The zero-order chi connectivity index (χ0) is 14.2. The summed E-state index contributed by atoms with van der Waals surface area (Å²) in [7, 11) is 0. The standard InChI is InChI=1S/C12H12O6/c1-4-5(2)8(11(15)16)9(12(17)18)6(3)7(4)10(13)14/h1-3H3,(H,13,14)(H,15,16)(H,17,18)/p-3. The van der Waals surface area contributed by atoms with E-state index < -0.39 is 29.0 Å². The van der Waals surface area contributed by atoms with Crippen molar-refractivity contribution in [1.29, 1.82) is 0 Å². The molecule has 0 spiro atoms. The molecule has 18 heavy (non-hydrogen) atoms. The number of aromatic carboxylic acids is 3. The first kappa shape index (κ1) is 13.7. The van der Waals surface area contributed by atoms with E-state index in [9.17, 15) is 29.7 Å². The van der Waals surface area contributed by atoms with Crippen molar-refractivity contribution < 1.29 is 29.7 Å². The van der Waals surface area contributed by atoms with E-state index in [2.05, 4.69) is 0 Å². The molecule has 0 aromatic heterocycles. The average molecular weight is 249 g/mol. The smallest absolute Gasteiger partial charge is 0.0724 e. The van der Waals surface area contributed by atoms with Gasteiger partial charge in [-0.3, -0.25) is 0 Å². The maximum Gasteiger partial charge on any atom is 0.0724 e. The fourth-order valence-corrected chi connectivity index (χ4v) is 1.97. The topological polar surface area (TPSA) is 120 Å². The number of carbonyl (C=O) groups is 3. The number of rotatable bonds is 3. The highest BCUT2D eigenvalue weighted by Crippen LogP contribution is 2.26. The summed E-state index contributed by atoms with van der Waals surface area (Å²) in [4.78, 5) is 32.9. The Morgan fingerprint density at radius 2 is 0.889 bits per heavy atom. The van der Waals surface area contributed by atoms with Gasteiger partial charge >= 0.3 is 0 Å². The molecule has 0 aliphatic rings. The van der Waals surface area contributed by atoms with Gasteiger partial charge in [-0.1, -0.05) is 0 Å². The summed E-state index contributed by atoms with van der Waals surface area (Å²) in [6.07, 6.45) is 0. The quantitative estimate of drug-likeness (QED) is 0.594. The van der Waals surface area contributed by atoms with Gasteiger partial charge in [0.15, 0.2) is 0 Å². The lowest BCUT2D eigenvalue weighted by atomic mass is 9.88. The number of carboxylic acids is 3. The summed E-state index contributed by atoms with van der Waals surface area (Å²) in [5.41, 5.74) is -1.64. The summed E-state index contributed by atoms with van der Waals surface area (Å²) in [5, 5.41) is 32.9. The van der Waals surface area contributed by atoms with Crippen LogP contribution in [0.5, 0.6) is 0 Å². The minimum atomic E-state index is -1.77. The zero-order valence-electron chi connectivity index (χ0n) is 9.95. The fraction of sp³-hybridized carbons (Fsp3) is 0.250. The molecule has 0 atom stereocenters. The number of carboxylic acid groups (broad SMARTS) is 3. The lowest BCUT2D eigenvalue weighted by molar-refractivity contribution is -0.260. The molecule has 1 aromatic rings. The van der Waals surface area contributed by atoms with Crippen LogP contribution < -0.4 is 15.3 Å². The van der Waals surface area contributed by atoms with E-state index in [4.69, 9.17) is 0 Å². The molecule has 0 fully saturated rings. The molecule has 0 bridgehead atoms. The molecule has 0 saturated carbocycles. The van der Waals surface area contributed by atoms with E-state index in [0.717, 1.165) is 0 Å². The van der Waals surface area contributed by atoms with Crippen LogP contribution in [0.2, 0.25) is 0 Å². The van der Waals surface area contributed by atoms with Gasteiger partial charge in [-0.25, -0.2) is 0 Å². The first-order valence-electron chi connectivity index (χ1n) is 4.97. The van der Waals surface area contributed by atoms with Crippen LogP contribution >= 0.6 is 0 Å². The Balaban J connectivity index is 3.94. The Morgan fingerprint density at radius 3 is 1.22 bits per heavy atom. The van der Waals surface area contributed by atoms with Crippen LogP contribution in [0.3, 0.4) is 0 Å². The van der Waals surface area contributed by atoms with Gasteiger partial charge in [0.25, 0.3) is 0 Å². The van der Waals surface area contributed by atoms with Gasteiger partial charge in [-0.15, -0.1) is 0 Å². The summed E-state index contributed by atoms with van der Waals surface area (Å²) in [6.45, 7) is 3.87. The van der Waals surface area contributed by atoms with Crippen LogP contribution in [0.15, 0.2) is 0 Å². The summed E-state index contributed by atoms with van der Waals surface area (Å²) in [6, 6.07) is 0. The molecular weight excluding hydrogens is 240 g/mol. The van der Waals surface area contributed by atoms with E-state index >= 15 is 0 Å². The van der Waals surface area contributed by atoms with E-state index in [0.29, 0.717) is 0 Å². The summed E-state index contributed by atoms with van der Waals surface area (Å²) >= 11 is 0. The highest BCUT2D eigenvalue weighted by molar-refractivity contribution is 6.06. The molecular formula is C12H9O6-3. The lowest BCUT2D eigenvalue weighted by Crippen LogP contribution is -2.34. The minimum Gasteiger partial charge on any atom is -0.545 e. The number of hydrogen-bond donors (Lipinski definition) is 0. The van der Waals surface area contributed by atoms with E-state index in [-0.39, 0.29) is 22.3 Å². The van der Waals surface area contributed by atoms with Crippen molar-refractivity contribution in [2.24, 2.45) is 0 Å². The zero-order valence-corrected chi connectivity index (χ0v) is 9.95. The Bertz CT molecular complexity index is 571. The van der Waals surface area contributed by atoms with Gasteiger partial charge < -0.3 is 29.7 Å². The lowest BCUT2D eigenvalue weighted by Gasteiger charge is -2.23. The Kier molecular flexibility index (Phi) is 3.41. The van der Waals surface area contributed by atoms with Gasteiger partial charge in [0, 0.05) is 16.7 Å². The average Bonchev–Trinajstić information content (AvgIpc) is 2.21. The van der Waals surface area contributed by atoms with Gasteiger partial charge in [0.1, 0.15) is 0 Å². The number of benzene rings is 1. The van der Waals surface area contributed by atoms with Crippen molar-refractivity contribution in [2.75, 3.05) is 0 Å². The minimum absolute atomic E-state index is 0.0130. The van der Waals surface area contributed by atoms with Crippen LogP contribution in [-0.2, 0) is 0 Å². The second-order valence-electron chi connectivity index (χ2n) is 3.86. The second kappa shape index (κ2) is 4.48. The van der Waals surface area contributed by atoms with Crippen LogP contribution in [0.1, 0.15) is 47.8 Å². The van der Waals surface area contributed by atoms with Crippen molar-refractivity contribution in [3.05, 3.63) is 33.4 Å². The third-order valence-corrected chi connectivity index (χ3v) is 2.92. The van der Waals surface area contributed by atoms with Crippen molar-refractivity contribution >= 4 is 17.9 Å². The monoisotopic (exact) mass is 249 g/mol. The molecule has 0 amide bonds. The molecule has 0 aliphatic heterocycles. The SMILES string of the molecule is Cc1c(C)c(C(=O)[O-])c(C(=O)[O-])c(C)c1C(=O)[O-]. The molecule has 96 valence electrons. The Morgan fingerprint density at radius 1 is 0.611 bits per heavy atom. The third kappa shape index (κ3) is 1.92. The molecule has 0 heterocycles. The molecule has 1 aromatic carbocycles. The van der Waals surface area contributed by atoms with Gasteiger partial charge in [0.05, 0.1) is 17.9 Å².